The second-order valence-corrected chi connectivity index (χ2v) is 5.74. The van der Waals surface area contributed by atoms with Gasteiger partial charge in [-0.2, -0.15) is 5.26 Å². The van der Waals surface area contributed by atoms with Crippen molar-refractivity contribution < 1.29 is 0 Å². The molecule has 4 heteroatoms. The van der Waals surface area contributed by atoms with E-state index in [4.69, 9.17) is 11.0 Å². The summed E-state index contributed by atoms with van der Waals surface area (Å²) in [6, 6.07) is 3.91. The fourth-order valence-electron chi connectivity index (χ4n) is 3.32. The molecule has 102 valence electrons. The summed E-state index contributed by atoms with van der Waals surface area (Å²) in [7, 11) is 0. The Labute approximate surface area is 111 Å². The number of nitriles is 1. The summed E-state index contributed by atoms with van der Waals surface area (Å²) in [5.74, 6) is 0. The van der Waals surface area contributed by atoms with Crippen LogP contribution in [0, 0.1) is 11.3 Å². The second kappa shape index (κ2) is 6.51. The first-order valence-electron chi connectivity index (χ1n) is 7.35. The molecule has 18 heavy (non-hydrogen) atoms. The van der Waals surface area contributed by atoms with Crippen LogP contribution in [-0.4, -0.2) is 54.1 Å². The molecule has 0 bridgehead atoms. The summed E-state index contributed by atoms with van der Waals surface area (Å²) in [6.07, 6.45) is 5.31. The highest BCUT2D eigenvalue weighted by molar-refractivity contribution is 4.91. The molecular formula is C14H26N4. The summed E-state index contributed by atoms with van der Waals surface area (Å²) in [6.45, 7) is 6.82. The van der Waals surface area contributed by atoms with Gasteiger partial charge in [0.15, 0.2) is 0 Å². The summed E-state index contributed by atoms with van der Waals surface area (Å²) in [5.41, 5.74) is 5.96. The minimum Gasteiger partial charge on any atom is -0.328 e. The van der Waals surface area contributed by atoms with E-state index in [1.54, 1.807) is 0 Å². The molecule has 0 saturated carbocycles. The second-order valence-electron chi connectivity index (χ2n) is 5.74. The molecule has 0 aromatic heterocycles. The van der Waals surface area contributed by atoms with Crippen molar-refractivity contribution in [3.8, 4) is 6.07 Å². The van der Waals surface area contributed by atoms with Crippen LogP contribution in [0.3, 0.4) is 0 Å². The van der Waals surface area contributed by atoms with E-state index in [2.05, 4.69) is 22.8 Å². The first-order valence-corrected chi connectivity index (χ1v) is 7.35. The lowest BCUT2D eigenvalue weighted by Crippen LogP contribution is -2.46. The molecule has 0 amide bonds. The lowest BCUT2D eigenvalue weighted by molar-refractivity contribution is 0.143. The Kier molecular flexibility index (Phi) is 4.99. The van der Waals surface area contributed by atoms with Crippen LogP contribution < -0.4 is 5.73 Å². The smallest absolute Gasteiger partial charge is 0.0638 e. The van der Waals surface area contributed by atoms with Crippen molar-refractivity contribution in [2.24, 2.45) is 5.73 Å². The van der Waals surface area contributed by atoms with Crippen molar-refractivity contribution in [2.75, 3.05) is 26.2 Å². The Morgan fingerprint density at radius 3 is 2.61 bits per heavy atom. The van der Waals surface area contributed by atoms with Crippen LogP contribution in [0.15, 0.2) is 0 Å². The van der Waals surface area contributed by atoms with Crippen LogP contribution >= 0.6 is 0 Å². The molecule has 2 aliphatic rings. The van der Waals surface area contributed by atoms with Gasteiger partial charge in [0.2, 0.25) is 0 Å². The van der Waals surface area contributed by atoms with Crippen molar-refractivity contribution in [2.45, 2.75) is 57.2 Å². The van der Waals surface area contributed by atoms with Crippen LogP contribution in [0.1, 0.15) is 39.0 Å². The van der Waals surface area contributed by atoms with Gasteiger partial charge in [-0.25, -0.2) is 0 Å². The van der Waals surface area contributed by atoms with E-state index in [0.717, 1.165) is 45.4 Å². The largest absolute Gasteiger partial charge is 0.328 e. The predicted octanol–water partition coefficient (Wildman–Crippen LogP) is 1.18. The molecule has 0 aromatic rings. The van der Waals surface area contributed by atoms with Gasteiger partial charge in [0.25, 0.3) is 0 Å². The van der Waals surface area contributed by atoms with Crippen LogP contribution in [0.2, 0.25) is 0 Å². The average Bonchev–Trinajstić information content (AvgIpc) is 2.86. The van der Waals surface area contributed by atoms with E-state index in [1.807, 2.05) is 0 Å². The van der Waals surface area contributed by atoms with Crippen molar-refractivity contribution in [3.05, 3.63) is 0 Å². The molecule has 2 unspecified atom stereocenters. The van der Waals surface area contributed by atoms with Crippen molar-refractivity contribution >= 4 is 0 Å². The van der Waals surface area contributed by atoms with E-state index in [-0.39, 0.29) is 0 Å². The van der Waals surface area contributed by atoms with E-state index in [1.165, 1.54) is 6.42 Å². The van der Waals surface area contributed by atoms with Crippen LogP contribution in [0.25, 0.3) is 0 Å². The van der Waals surface area contributed by atoms with Crippen LogP contribution in [0.5, 0.6) is 0 Å². The molecule has 2 N–H and O–H groups in total. The van der Waals surface area contributed by atoms with Crippen molar-refractivity contribution in [1.29, 1.82) is 5.26 Å². The summed E-state index contributed by atoms with van der Waals surface area (Å²) in [5, 5.41) is 8.87. The third-order valence-corrected chi connectivity index (χ3v) is 4.60. The molecule has 2 fully saturated rings. The van der Waals surface area contributed by atoms with Gasteiger partial charge in [-0.3, -0.25) is 9.80 Å². The first kappa shape index (κ1) is 13.8. The Morgan fingerprint density at radius 2 is 2.00 bits per heavy atom. The fourth-order valence-corrected chi connectivity index (χ4v) is 3.32. The van der Waals surface area contributed by atoms with E-state index >= 15 is 0 Å². The van der Waals surface area contributed by atoms with Crippen molar-refractivity contribution in [3.63, 3.8) is 0 Å². The standard InChI is InChI=1S/C14H26N4/c1-2-13(3-7-15)18-10-6-14(11-18)17-8-4-12(16)5-9-17/h12-14H,2-6,8-11,16H2,1H3. The normalized spacial score (nSPS) is 29.3. The predicted molar refractivity (Wildman–Crippen MR) is 73.1 cm³/mol. The molecule has 2 atom stereocenters. The zero-order chi connectivity index (χ0) is 13.0. The highest BCUT2D eigenvalue weighted by atomic mass is 15.3. The number of hydrogen-bond donors (Lipinski definition) is 1. The zero-order valence-corrected chi connectivity index (χ0v) is 11.5. The maximum atomic E-state index is 8.87. The minimum absolute atomic E-state index is 0.417. The Bertz CT molecular complexity index is 291. The van der Waals surface area contributed by atoms with Gasteiger partial charge in [-0.1, -0.05) is 6.92 Å². The van der Waals surface area contributed by atoms with E-state index < -0.39 is 0 Å². The third kappa shape index (κ3) is 3.23. The maximum absolute atomic E-state index is 8.87. The quantitative estimate of drug-likeness (QED) is 0.814. The SMILES string of the molecule is CCC(CC#N)N1CCC(N2CCC(N)CC2)C1. The lowest BCUT2D eigenvalue weighted by atomic mass is 10.0. The molecule has 0 spiro atoms. The molecule has 2 rings (SSSR count). The number of rotatable bonds is 4. The molecule has 0 aromatic carbocycles. The van der Waals surface area contributed by atoms with E-state index in [9.17, 15) is 0 Å². The Hall–Kier alpha value is -0.630. The number of likely N-dealkylation sites (tertiary alicyclic amines) is 2. The number of hydrogen-bond acceptors (Lipinski definition) is 4. The highest BCUT2D eigenvalue weighted by Crippen LogP contribution is 2.23. The van der Waals surface area contributed by atoms with Gasteiger partial charge in [0.1, 0.15) is 0 Å². The number of nitrogens with zero attached hydrogens (tertiary/aromatic N) is 3. The van der Waals surface area contributed by atoms with Gasteiger partial charge in [-0.05, 0) is 38.8 Å². The summed E-state index contributed by atoms with van der Waals surface area (Å²) in [4.78, 5) is 5.13. The third-order valence-electron chi connectivity index (χ3n) is 4.60. The highest BCUT2D eigenvalue weighted by Gasteiger charge is 2.32. The molecule has 2 saturated heterocycles. The molecule has 2 heterocycles. The lowest BCUT2D eigenvalue weighted by Gasteiger charge is -2.35. The number of piperidine rings is 1. The molecule has 4 nitrogen and oxygen atoms in total. The van der Waals surface area contributed by atoms with Gasteiger partial charge < -0.3 is 5.73 Å². The summed E-state index contributed by atoms with van der Waals surface area (Å²) >= 11 is 0. The monoisotopic (exact) mass is 250 g/mol. The Morgan fingerprint density at radius 1 is 1.28 bits per heavy atom. The van der Waals surface area contributed by atoms with E-state index in [0.29, 0.717) is 24.5 Å². The average molecular weight is 250 g/mol. The molecule has 2 aliphatic heterocycles. The molecule has 0 radical (unpaired) electrons. The van der Waals surface area contributed by atoms with Gasteiger partial charge in [0, 0.05) is 31.2 Å². The van der Waals surface area contributed by atoms with Crippen LogP contribution in [-0.2, 0) is 0 Å². The first-order chi connectivity index (χ1) is 8.74. The van der Waals surface area contributed by atoms with Crippen molar-refractivity contribution in [1.82, 2.24) is 9.80 Å². The van der Waals surface area contributed by atoms with Gasteiger partial charge in [-0.15, -0.1) is 0 Å². The summed E-state index contributed by atoms with van der Waals surface area (Å²) < 4.78 is 0. The Balaban J connectivity index is 1.82. The van der Waals surface area contributed by atoms with Crippen LogP contribution in [0.4, 0.5) is 0 Å². The zero-order valence-electron chi connectivity index (χ0n) is 11.5. The minimum atomic E-state index is 0.417. The topological polar surface area (TPSA) is 56.3 Å². The number of nitrogens with two attached hydrogens (primary N) is 1. The van der Waals surface area contributed by atoms with Gasteiger partial charge >= 0.3 is 0 Å². The van der Waals surface area contributed by atoms with Gasteiger partial charge in [0.05, 0.1) is 12.5 Å². The maximum Gasteiger partial charge on any atom is 0.0638 e. The molecule has 0 aliphatic carbocycles. The molecular weight excluding hydrogens is 224 g/mol. The fraction of sp³-hybridized carbons (Fsp3) is 0.929.